The number of rotatable bonds is 2. The van der Waals surface area contributed by atoms with Crippen molar-refractivity contribution < 1.29 is 36.3 Å². The topological polar surface area (TPSA) is 118 Å². The zero-order valence-corrected chi connectivity index (χ0v) is 14.1. The number of benzene rings is 1. The molecule has 0 saturated carbocycles. The van der Waals surface area contributed by atoms with Gasteiger partial charge in [0.2, 0.25) is 5.91 Å². The van der Waals surface area contributed by atoms with Gasteiger partial charge < -0.3 is 15.7 Å². The summed E-state index contributed by atoms with van der Waals surface area (Å²) in [4.78, 5) is 25.0. The number of phenols is 1. The number of hydrogen-bond acceptors (Lipinski definition) is 5. The molecule has 2 amide bonds. The number of hydrogen-bond donors (Lipinski definition) is 2. The Bertz CT molecular complexity index is 891. The second-order valence-corrected chi connectivity index (χ2v) is 8.97. The van der Waals surface area contributed by atoms with E-state index in [0.717, 1.165) is 11.0 Å². The molecule has 0 aromatic heterocycles. The Morgan fingerprint density at radius 3 is 2.38 bits per heavy atom. The minimum Gasteiger partial charge on any atom is -0.507 e. The molecule has 26 heavy (non-hydrogen) atoms. The van der Waals surface area contributed by atoms with Crippen LogP contribution < -0.4 is 5.73 Å². The number of nitrogens with zero attached hydrogens (tertiary/aromatic N) is 1. The molecule has 1 unspecified atom stereocenters. The molecule has 2 heterocycles. The summed E-state index contributed by atoms with van der Waals surface area (Å²) in [7, 11) is -3.62. The Balaban J connectivity index is 1.82. The lowest BCUT2D eigenvalue weighted by Gasteiger charge is -2.49. The van der Waals surface area contributed by atoms with E-state index in [1.807, 2.05) is 0 Å². The van der Waals surface area contributed by atoms with Crippen LogP contribution >= 0.6 is 0 Å². The summed E-state index contributed by atoms with van der Waals surface area (Å²) >= 11 is 0. The van der Waals surface area contributed by atoms with Crippen molar-refractivity contribution in [2.24, 2.45) is 11.7 Å². The van der Waals surface area contributed by atoms with Crippen molar-refractivity contribution in [1.29, 1.82) is 0 Å². The molecule has 3 rings (SSSR count). The smallest absolute Gasteiger partial charge is 0.419 e. The maximum atomic E-state index is 12.7. The molecule has 2 aliphatic rings. The maximum absolute atomic E-state index is 12.7. The summed E-state index contributed by atoms with van der Waals surface area (Å²) in [5.41, 5.74) is 3.78. The van der Waals surface area contributed by atoms with Crippen LogP contribution in [-0.4, -0.2) is 53.8 Å². The molecule has 142 valence electrons. The van der Waals surface area contributed by atoms with Crippen molar-refractivity contribution in [2.45, 2.75) is 17.3 Å². The van der Waals surface area contributed by atoms with Gasteiger partial charge in [0.1, 0.15) is 10.5 Å². The van der Waals surface area contributed by atoms with E-state index < -0.39 is 49.8 Å². The van der Waals surface area contributed by atoms with Gasteiger partial charge in [-0.15, -0.1) is 0 Å². The van der Waals surface area contributed by atoms with Crippen LogP contribution in [0.5, 0.6) is 5.75 Å². The van der Waals surface area contributed by atoms with Gasteiger partial charge in [0.25, 0.3) is 5.91 Å². The van der Waals surface area contributed by atoms with E-state index in [4.69, 9.17) is 5.73 Å². The van der Waals surface area contributed by atoms with E-state index in [9.17, 15) is 36.3 Å². The summed E-state index contributed by atoms with van der Waals surface area (Å²) in [5, 5.41) is 9.50. The first kappa shape index (κ1) is 18.5. The van der Waals surface area contributed by atoms with Crippen LogP contribution in [0.2, 0.25) is 0 Å². The maximum Gasteiger partial charge on any atom is 0.419 e. The number of amides is 2. The van der Waals surface area contributed by atoms with Crippen molar-refractivity contribution in [3.8, 4) is 5.75 Å². The zero-order valence-electron chi connectivity index (χ0n) is 13.3. The molecule has 2 fully saturated rings. The lowest BCUT2D eigenvalue weighted by Crippen LogP contribution is -2.69. The third-order valence-corrected chi connectivity index (χ3v) is 7.58. The van der Waals surface area contributed by atoms with Crippen LogP contribution in [0.15, 0.2) is 18.2 Å². The van der Waals surface area contributed by atoms with E-state index in [0.29, 0.717) is 12.1 Å². The van der Waals surface area contributed by atoms with Gasteiger partial charge in [-0.05, 0) is 24.6 Å². The van der Waals surface area contributed by atoms with Gasteiger partial charge in [0.15, 0.2) is 9.84 Å². The Kier molecular flexibility index (Phi) is 3.98. The van der Waals surface area contributed by atoms with Crippen LogP contribution in [0.4, 0.5) is 13.2 Å². The van der Waals surface area contributed by atoms with Crippen molar-refractivity contribution >= 4 is 21.7 Å². The first-order chi connectivity index (χ1) is 11.9. The van der Waals surface area contributed by atoms with Gasteiger partial charge >= 0.3 is 6.18 Å². The number of alkyl halides is 3. The molecular formula is C15H15F3N2O5S. The first-order valence-corrected chi connectivity index (χ1v) is 9.25. The average molecular weight is 392 g/mol. The number of halogens is 3. The Morgan fingerprint density at radius 1 is 1.27 bits per heavy atom. The number of nitrogens with two attached hydrogens (primary N) is 1. The van der Waals surface area contributed by atoms with Gasteiger partial charge in [-0.3, -0.25) is 9.59 Å². The van der Waals surface area contributed by atoms with Crippen molar-refractivity contribution in [1.82, 2.24) is 4.90 Å². The van der Waals surface area contributed by atoms with Crippen molar-refractivity contribution in [2.75, 3.05) is 18.8 Å². The van der Waals surface area contributed by atoms with E-state index in [1.54, 1.807) is 0 Å². The van der Waals surface area contributed by atoms with E-state index >= 15 is 0 Å². The molecule has 2 aliphatic heterocycles. The molecule has 0 bridgehead atoms. The Labute approximate surface area is 146 Å². The summed E-state index contributed by atoms with van der Waals surface area (Å²) < 4.78 is 61.1. The van der Waals surface area contributed by atoms with Gasteiger partial charge in [-0.25, -0.2) is 8.42 Å². The molecule has 1 atom stereocenters. The molecule has 1 spiro atoms. The Hall–Kier alpha value is -2.30. The fraction of sp³-hybridized carbons (Fsp3) is 0.467. The van der Waals surface area contributed by atoms with Gasteiger partial charge in [0, 0.05) is 18.7 Å². The van der Waals surface area contributed by atoms with Gasteiger partial charge in [0.05, 0.1) is 17.2 Å². The number of aromatic hydroxyl groups is 1. The fourth-order valence-electron chi connectivity index (χ4n) is 3.61. The molecule has 2 saturated heterocycles. The normalized spacial score (nSPS) is 23.7. The molecule has 0 aliphatic carbocycles. The van der Waals surface area contributed by atoms with Crippen LogP contribution in [0, 0.1) is 5.92 Å². The second kappa shape index (κ2) is 5.60. The number of primary amides is 1. The number of carbonyl (C=O) groups excluding carboxylic acids is 2. The number of sulfone groups is 1. The highest BCUT2D eigenvalue weighted by atomic mass is 32.2. The molecule has 1 aromatic rings. The number of phenolic OH excluding ortho intramolecular Hbond substituents is 1. The Morgan fingerprint density at radius 2 is 1.88 bits per heavy atom. The summed E-state index contributed by atoms with van der Waals surface area (Å²) in [5.74, 6) is -3.70. The summed E-state index contributed by atoms with van der Waals surface area (Å²) in [6.07, 6.45) is -4.68. The second-order valence-electron chi connectivity index (χ2n) is 6.52. The van der Waals surface area contributed by atoms with Crippen LogP contribution in [0.3, 0.4) is 0 Å². The van der Waals surface area contributed by atoms with E-state index in [-0.39, 0.29) is 30.8 Å². The highest BCUT2D eigenvalue weighted by Crippen LogP contribution is 2.45. The molecule has 0 radical (unpaired) electrons. The number of likely N-dealkylation sites (tertiary alicyclic amines) is 1. The molecular weight excluding hydrogens is 377 g/mol. The SMILES string of the molecule is NC(=O)C1CCS(=O)(=O)C12CN(C(=O)c1ccc(C(F)(F)F)c(O)c1)C2. The van der Waals surface area contributed by atoms with Crippen LogP contribution in [0.1, 0.15) is 22.3 Å². The minimum absolute atomic E-state index is 0.0841. The quantitative estimate of drug-likeness (QED) is 0.761. The average Bonchev–Trinajstić information content (AvgIpc) is 2.74. The van der Waals surface area contributed by atoms with Crippen molar-refractivity contribution in [3.05, 3.63) is 29.3 Å². The van der Waals surface area contributed by atoms with Crippen LogP contribution in [0.25, 0.3) is 0 Å². The third kappa shape index (κ3) is 2.61. The van der Waals surface area contributed by atoms with E-state index in [1.165, 1.54) is 0 Å². The fourth-order valence-corrected chi connectivity index (χ4v) is 5.93. The molecule has 3 N–H and O–H groups in total. The van der Waals surface area contributed by atoms with Gasteiger partial charge in [-0.1, -0.05) is 0 Å². The molecule has 7 nitrogen and oxygen atoms in total. The zero-order chi connectivity index (χ0) is 19.5. The van der Waals surface area contributed by atoms with Crippen molar-refractivity contribution in [3.63, 3.8) is 0 Å². The lowest BCUT2D eigenvalue weighted by molar-refractivity contribution is -0.138. The molecule has 11 heteroatoms. The third-order valence-electron chi connectivity index (χ3n) is 5.03. The minimum atomic E-state index is -4.76. The summed E-state index contributed by atoms with van der Waals surface area (Å²) in [6.45, 7) is -0.521. The predicted octanol–water partition coefficient (Wildman–Crippen LogP) is 0.526. The predicted molar refractivity (Wildman–Crippen MR) is 82.8 cm³/mol. The summed E-state index contributed by atoms with van der Waals surface area (Å²) in [6, 6.07) is 2.17. The monoisotopic (exact) mass is 392 g/mol. The standard InChI is InChI=1S/C15H15F3N2O5S/c16-15(17,18)9-2-1-8(5-11(9)21)13(23)20-6-14(7-20)10(12(19)22)3-4-26(14,24)25/h1-2,5,10,21H,3-4,6-7H2,(H2,19,22). The van der Waals surface area contributed by atoms with Crippen LogP contribution in [-0.2, 0) is 20.8 Å². The van der Waals surface area contributed by atoms with E-state index in [2.05, 4.69) is 0 Å². The highest BCUT2D eigenvalue weighted by molar-refractivity contribution is 7.93. The lowest BCUT2D eigenvalue weighted by atomic mass is 9.82. The highest BCUT2D eigenvalue weighted by Gasteiger charge is 2.64. The molecule has 1 aromatic carbocycles. The largest absolute Gasteiger partial charge is 0.507 e. The first-order valence-electron chi connectivity index (χ1n) is 7.60. The number of carbonyl (C=O) groups is 2. The van der Waals surface area contributed by atoms with Gasteiger partial charge in [-0.2, -0.15) is 13.2 Å².